The lowest BCUT2D eigenvalue weighted by atomic mass is 9.99. The van der Waals surface area contributed by atoms with Crippen molar-refractivity contribution in [3.05, 3.63) is 0 Å². The van der Waals surface area contributed by atoms with E-state index in [1.807, 2.05) is 0 Å². The molecule has 368 valence electrons. The highest BCUT2D eigenvalue weighted by atomic mass is 16.6. The summed E-state index contributed by atoms with van der Waals surface area (Å²) in [4.78, 5) is 38.1. The highest BCUT2D eigenvalue weighted by Crippen LogP contribution is 2.18. The van der Waals surface area contributed by atoms with Crippen molar-refractivity contribution in [2.45, 2.75) is 317 Å². The normalized spacial score (nSPS) is 12.5. The van der Waals surface area contributed by atoms with Crippen LogP contribution in [0.25, 0.3) is 0 Å². The molecule has 0 spiro atoms. The summed E-state index contributed by atoms with van der Waals surface area (Å²) in [6, 6.07) is 0. The van der Waals surface area contributed by atoms with Gasteiger partial charge in [0.1, 0.15) is 13.2 Å². The van der Waals surface area contributed by atoms with Crippen LogP contribution >= 0.6 is 0 Å². The Hall–Kier alpha value is -1.59. The van der Waals surface area contributed by atoms with E-state index >= 15 is 0 Å². The van der Waals surface area contributed by atoms with Crippen molar-refractivity contribution in [3.8, 4) is 0 Å². The number of rotatable bonds is 50. The van der Waals surface area contributed by atoms with Gasteiger partial charge in [-0.05, 0) is 31.1 Å². The van der Waals surface area contributed by atoms with Gasteiger partial charge in [-0.3, -0.25) is 14.4 Å². The highest BCUT2D eigenvalue weighted by molar-refractivity contribution is 5.71. The second-order valence-corrected chi connectivity index (χ2v) is 19.9. The van der Waals surface area contributed by atoms with E-state index in [1.165, 1.54) is 199 Å². The van der Waals surface area contributed by atoms with Gasteiger partial charge in [0.25, 0.3) is 0 Å². The molecule has 2 atom stereocenters. The van der Waals surface area contributed by atoms with Crippen LogP contribution in [0.5, 0.6) is 0 Å². The molecular weight excluding hydrogens is 769 g/mol. The summed E-state index contributed by atoms with van der Waals surface area (Å²) >= 11 is 0. The Morgan fingerprint density at radius 1 is 0.339 bits per heavy atom. The fourth-order valence-corrected chi connectivity index (χ4v) is 8.49. The molecule has 0 aromatic rings. The van der Waals surface area contributed by atoms with Crippen LogP contribution in [-0.2, 0) is 28.6 Å². The molecule has 0 aliphatic carbocycles. The standard InChI is InChI=1S/C56H108O6/c1-6-8-9-10-11-12-13-14-15-16-17-20-28-33-38-43-48-56(59)62-53(49-60-54(57)46-41-36-31-26-21-18-19-24-29-34-39-44-51(3)4)50-61-55(58)47-42-37-32-27-23-22-25-30-35-40-45-52(5)7-2/h51-53H,6-50H2,1-5H3/t52?,53-/m0/s1. The lowest BCUT2D eigenvalue weighted by Crippen LogP contribution is -2.30. The Bertz CT molecular complexity index is 949. The van der Waals surface area contributed by atoms with Gasteiger partial charge in [-0.15, -0.1) is 0 Å². The second-order valence-electron chi connectivity index (χ2n) is 19.9. The molecule has 0 bridgehead atoms. The minimum absolute atomic E-state index is 0.0633. The number of esters is 3. The van der Waals surface area contributed by atoms with E-state index in [-0.39, 0.29) is 31.1 Å². The summed E-state index contributed by atoms with van der Waals surface area (Å²) in [7, 11) is 0. The molecule has 62 heavy (non-hydrogen) atoms. The molecule has 0 N–H and O–H groups in total. The van der Waals surface area contributed by atoms with E-state index in [1.54, 1.807) is 0 Å². The number of hydrogen-bond donors (Lipinski definition) is 0. The van der Waals surface area contributed by atoms with Crippen molar-refractivity contribution >= 4 is 17.9 Å². The molecule has 0 amide bonds. The van der Waals surface area contributed by atoms with Crippen LogP contribution in [0.2, 0.25) is 0 Å². The van der Waals surface area contributed by atoms with Crippen LogP contribution in [0.4, 0.5) is 0 Å². The Kier molecular flexibility index (Phi) is 47.6. The molecule has 0 aromatic heterocycles. The smallest absolute Gasteiger partial charge is 0.306 e. The van der Waals surface area contributed by atoms with Gasteiger partial charge in [0, 0.05) is 19.3 Å². The zero-order valence-electron chi connectivity index (χ0n) is 42.5. The summed E-state index contributed by atoms with van der Waals surface area (Å²) < 4.78 is 16.9. The number of carbonyl (C=O) groups excluding carboxylic acids is 3. The van der Waals surface area contributed by atoms with Crippen LogP contribution in [0.15, 0.2) is 0 Å². The van der Waals surface area contributed by atoms with Crippen molar-refractivity contribution in [1.29, 1.82) is 0 Å². The molecule has 0 aliphatic rings. The Morgan fingerprint density at radius 2 is 0.613 bits per heavy atom. The van der Waals surface area contributed by atoms with Gasteiger partial charge in [-0.25, -0.2) is 0 Å². The van der Waals surface area contributed by atoms with Gasteiger partial charge in [0.05, 0.1) is 0 Å². The quantitative estimate of drug-likeness (QED) is 0.0344. The molecule has 0 rings (SSSR count). The molecule has 0 radical (unpaired) electrons. The summed E-state index contributed by atoms with van der Waals surface area (Å²) in [5.74, 6) is 0.853. The zero-order chi connectivity index (χ0) is 45.4. The third kappa shape index (κ3) is 47.9. The number of ether oxygens (including phenoxy) is 3. The maximum atomic E-state index is 12.8. The lowest BCUT2D eigenvalue weighted by molar-refractivity contribution is -0.167. The maximum Gasteiger partial charge on any atom is 0.306 e. The average Bonchev–Trinajstić information content (AvgIpc) is 3.26. The second kappa shape index (κ2) is 48.9. The largest absolute Gasteiger partial charge is 0.462 e. The van der Waals surface area contributed by atoms with E-state index in [4.69, 9.17) is 14.2 Å². The Labute approximate surface area is 387 Å². The number of hydrogen-bond acceptors (Lipinski definition) is 6. The highest BCUT2D eigenvalue weighted by Gasteiger charge is 2.19. The summed E-state index contributed by atoms with van der Waals surface area (Å²) in [6.45, 7) is 11.4. The van der Waals surface area contributed by atoms with Gasteiger partial charge in [0.2, 0.25) is 0 Å². The summed E-state index contributed by atoms with van der Waals surface area (Å²) in [6.07, 6.45) is 50.8. The summed E-state index contributed by atoms with van der Waals surface area (Å²) in [5, 5.41) is 0. The first-order chi connectivity index (χ1) is 30.3. The molecule has 0 saturated carbocycles. The van der Waals surface area contributed by atoms with Crippen LogP contribution in [0.1, 0.15) is 311 Å². The number of unbranched alkanes of at least 4 members (excludes halogenated alkanes) is 34. The molecular formula is C56H108O6. The van der Waals surface area contributed by atoms with Crippen molar-refractivity contribution in [3.63, 3.8) is 0 Å². The first-order valence-electron chi connectivity index (χ1n) is 27.8. The Balaban J connectivity index is 4.32. The average molecular weight is 877 g/mol. The van der Waals surface area contributed by atoms with Crippen molar-refractivity contribution in [1.82, 2.24) is 0 Å². The first-order valence-corrected chi connectivity index (χ1v) is 27.8. The SMILES string of the molecule is CCCCCCCCCCCCCCCCCCC(=O)O[C@@H](COC(=O)CCCCCCCCCCCCCC(C)C)COC(=O)CCCCCCCCCCCCC(C)CC. The van der Waals surface area contributed by atoms with Gasteiger partial charge in [-0.2, -0.15) is 0 Å². The van der Waals surface area contributed by atoms with Crippen molar-refractivity contribution in [2.24, 2.45) is 11.8 Å². The molecule has 0 heterocycles. The third-order valence-corrected chi connectivity index (χ3v) is 13.1. The van der Waals surface area contributed by atoms with Gasteiger partial charge >= 0.3 is 17.9 Å². The molecule has 1 unspecified atom stereocenters. The van der Waals surface area contributed by atoms with Gasteiger partial charge in [-0.1, -0.05) is 272 Å². The van der Waals surface area contributed by atoms with Crippen LogP contribution < -0.4 is 0 Å². The minimum Gasteiger partial charge on any atom is -0.462 e. The lowest BCUT2D eigenvalue weighted by Gasteiger charge is -2.18. The van der Waals surface area contributed by atoms with E-state index in [0.29, 0.717) is 19.3 Å². The van der Waals surface area contributed by atoms with Crippen LogP contribution in [-0.4, -0.2) is 37.2 Å². The molecule has 6 heteroatoms. The van der Waals surface area contributed by atoms with Crippen LogP contribution in [0.3, 0.4) is 0 Å². The van der Waals surface area contributed by atoms with Crippen LogP contribution in [0, 0.1) is 11.8 Å². The molecule has 0 aromatic carbocycles. The van der Waals surface area contributed by atoms with E-state index in [9.17, 15) is 14.4 Å². The monoisotopic (exact) mass is 877 g/mol. The number of carbonyl (C=O) groups is 3. The first kappa shape index (κ1) is 60.4. The van der Waals surface area contributed by atoms with E-state index in [2.05, 4.69) is 34.6 Å². The molecule has 0 aliphatic heterocycles. The molecule has 0 fully saturated rings. The zero-order valence-corrected chi connectivity index (χ0v) is 42.5. The topological polar surface area (TPSA) is 78.9 Å². The molecule has 6 nitrogen and oxygen atoms in total. The molecule has 0 saturated heterocycles. The summed E-state index contributed by atoms with van der Waals surface area (Å²) in [5.41, 5.74) is 0. The minimum atomic E-state index is -0.762. The van der Waals surface area contributed by atoms with Crippen molar-refractivity contribution in [2.75, 3.05) is 13.2 Å². The fraction of sp³-hybridized carbons (Fsp3) is 0.946. The van der Waals surface area contributed by atoms with Crippen molar-refractivity contribution < 1.29 is 28.6 Å². The van der Waals surface area contributed by atoms with Gasteiger partial charge in [0.15, 0.2) is 6.10 Å². The third-order valence-electron chi connectivity index (χ3n) is 13.1. The van der Waals surface area contributed by atoms with E-state index in [0.717, 1.165) is 69.6 Å². The fourth-order valence-electron chi connectivity index (χ4n) is 8.49. The van der Waals surface area contributed by atoms with E-state index < -0.39 is 6.10 Å². The Morgan fingerprint density at radius 3 is 0.919 bits per heavy atom. The van der Waals surface area contributed by atoms with Gasteiger partial charge < -0.3 is 14.2 Å². The predicted octanol–water partition coefficient (Wildman–Crippen LogP) is 18.1. The maximum absolute atomic E-state index is 12.8. The predicted molar refractivity (Wildman–Crippen MR) is 266 cm³/mol.